The zero-order valence-corrected chi connectivity index (χ0v) is 15.1. The number of carbonyl (C=O) groups is 1. The van der Waals surface area contributed by atoms with Crippen LogP contribution in [0, 0.1) is 6.92 Å². The SMILES string of the molecule is Cc1cccc(NC(=O)[C@H](C)NS(=O)(=O)c2ccc(Br)cc2)c1. The van der Waals surface area contributed by atoms with Crippen LogP contribution in [0.25, 0.3) is 0 Å². The fraction of sp³-hybridized carbons (Fsp3) is 0.188. The molecule has 2 rings (SSSR count). The van der Waals surface area contributed by atoms with E-state index < -0.39 is 22.0 Å². The van der Waals surface area contributed by atoms with Crippen molar-refractivity contribution in [1.82, 2.24) is 4.72 Å². The van der Waals surface area contributed by atoms with Gasteiger partial charge >= 0.3 is 0 Å². The number of nitrogens with one attached hydrogen (secondary N) is 2. The molecule has 122 valence electrons. The third-order valence-corrected chi connectivity index (χ3v) is 5.22. The molecule has 5 nitrogen and oxygen atoms in total. The van der Waals surface area contributed by atoms with E-state index in [2.05, 4.69) is 26.0 Å². The molecule has 0 fully saturated rings. The second-order valence-electron chi connectivity index (χ2n) is 5.16. The predicted molar refractivity (Wildman–Crippen MR) is 93.7 cm³/mol. The Balaban J connectivity index is 2.06. The van der Waals surface area contributed by atoms with E-state index in [9.17, 15) is 13.2 Å². The van der Waals surface area contributed by atoms with E-state index in [1.807, 2.05) is 25.1 Å². The minimum Gasteiger partial charge on any atom is -0.325 e. The topological polar surface area (TPSA) is 75.3 Å². The van der Waals surface area contributed by atoms with E-state index in [4.69, 9.17) is 0 Å². The fourth-order valence-corrected chi connectivity index (χ4v) is 3.41. The number of hydrogen-bond acceptors (Lipinski definition) is 3. The monoisotopic (exact) mass is 396 g/mol. The van der Waals surface area contributed by atoms with E-state index in [-0.39, 0.29) is 4.90 Å². The average Bonchev–Trinajstić information content (AvgIpc) is 2.47. The van der Waals surface area contributed by atoms with E-state index in [0.717, 1.165) is 10.0 Å². The van der Waals surface area contributed by atoms with E-state index in [1.54, 1.807) is 18.2 Å². The van der Waals surface area contributed by atoms with Gasteiger partial charge in [-0.2, -0.15) is 4.72 Å². The van der Waals surface area contributed by atoms with E-state index in [1.165, 1.54) is 19.1 Å². The molecular formula is C16H17BrN2O3S. The van der Waals surface area contributed by atoms with Crippen molar-refractivity contribution in [2.24, 2.45) is 0 Å². The van der Waals surface area contributed by atoms with E-state index >= 15 is 0 Å². The lowest BCUT2D eigenvalue weighted by Gasteiger charge is -2.15. The molecule has 2 aromatic carbocycles. The lowest BCUT2D eigenvalue weighted by atomic mass is 10.2. The van der Waals surface area contributed by atoms with Gasteiger partial charge in [0.05, 0.1) is 10.9 Å². The number of benzene rings is 2. The highest BCUT2D eigenvalue weighted by Crippen LogP contribution is 2.15. The number of sulfonamides is 1. The molecule has 1 amide bonds. The quantitative estimate of drug-likeness (QED) is 0.815. The summed E-state index contributed by atoms with van der Waals surface area (Å²) in [5.41, 5.74) is 1.63. The first-order chi connectivity index (χ1) is 10.8. The normalized spacial score (nSPS) is 12.7. The Hall–Kier alpha value is -1.70. The maximum atomic E-state index is 12.3. The second-order valence-corrected chi connectivity index (χ2v) is 7.79. The Morgan fingerprint density at radius 3 is 2.39 bits per heavy atom. The van der Waals surface area contributed by atoms with Gasteiger partial charge in [0, 0.05) is 10.2 Å². The molecule has 0 unspecified atom stereocenters. The van der Waals surface area contributed by atoms with E-state index in [0.29, 0.717) is 5.69 Å². The third kappa shape index (κ3) is 4.89. The maximum absolute atomic E-state index is 12.3. The van der Waals surface area contributed by atoms with Crippen LogP contribution in [0.5, 0.6) is 0 Å². The van der Waals surface area contributed by atoms with Crippen molar-refractivity contribution in [2.45, 2.75) is 24.8 Å². The van der Waals surface area contributed by atoms with Crippen LogP contribution in [0.2, 0.25) is 0 Å². The molecular weight excluding hydrogens is 380 g/mol. The fourth-order valence-electron chi connectivity index (χ4n) is 1.94. The van der Waals surface area contributed by atoms with Crippen molar-refractivity contribution in [3.63, 3.8) is 0 Å². The van der Waals surface area contributed by atoms with Gasteiger partial charge in [-0.1, -0.05) is 28.1 Å². The molecule has 0 heterocycles. The standard InChI is InChI=1S/C16H17BrN2O3S/c1-11-4-3-5-14(10-11)18-16(20)12(2)19-23(21,22)15-8-6-13(17)7-9-15/h3-10,12,19H,1-2H3,(H,18,20)/t12-/m0/s1. The molecule has 0 spiro atoms. The summed E-state index contributed by atoms with van der Waals surface area (Å²) < 4.78 is 27.7. The first kappa shape index (κ1) is 17.7. The van der Waals surface area contributed by atoms with Crippen LogP contribution in [0.4, 0.5) is 5.69 Å². The summed E-state index contributed by atoms with van der Waals surface area (Å²) in [5, 5.41) is 2.69. The maximum Gasteiger partial charge on any atom is 0.242 e. The van der Waals surface area contributed by atoms with Crippen LogP contribution in [0.3, 0.4) is 0 Å². The molecule has 0 aliphatic rings. The molecule has 0 radical (unpaired) electrons. The largest absolute Gasteiger partial charge is 0.325 e. The Morgan fingerprint density at radius 1 is 1.13 bits per heavy atom. The van der Waals surface area contributed by atoms with Crippen molar-refractivity contribution < 1.29 is 13.2 Å². The smallest absolute Gasteiger partial charge is 0.242 e. The van der Waals surface area contributed by atoms with Crippen LogP contribution in [-0.2, 0) is 14.8 Å². The summed E-state index contributed by atoms with van der Waals surface area (Å²) in [6, 6.07) is 12.6. The second kappa shape index (κ2) is 7.25. The van der Waals surface area contributed by atoms with Crippen LogP contribution in [0.1, 0.15) is 12.5 Å². The molecule has 0 bridgehead atoms. The third-order valence-electron chi connectivity index (χ3n) is 3.13. The number of aryl methyl sites for hydroxylation is 1. The molecule has 0 aliphatic heterocycles. The Kier molecular flexibility index (Phi) is 5.56. The van der Waals surface area contributed by atoms with Crippen LogP contribution in [-0.4, -0.2) is 20.4 Å². The van der Waals surface area contributed by atoms with Crippen molar-refractivity contribution in [2.75, 3.05) is 5.32 Å². The minimum atomic E-state index is -3.75. The first-order valence-corrected chi connectivity index (χ1v) is 9.21. The van der Waals surface area contributed by atoms with Gasteiger partial charge in [0.1, 0.15) is 0 Å². The zero-order chi connectivity index (χ0) is 17.0. The van der Waals surface area contributed by atoms with Crippen molar-refractivity contribution in [3.05, 3.63) is 58.6 Å². The Bertz CT molecular complexity index is 804. The highest BCUT2D eigenvalue weighted by Gasteiger charge is 2.22. The molecule has 7 heteroatoms. The van der Waals surface area contributed by atoms with Gasteiger partial charge in [-0.25, -0.2) is 8.42 Å². The highest BCUT2D eigenvalue weighted by molar-refractivity contribution is 9.10. The van der Waals surface area contributed by atoms with Gasteiger partial charge in [-0.15, -0.1) is 0 Å². The van der Waals surface area contributed by atoms with Crippen molar-refractivity contribution >= 4 is 37.5 Å². The molecule has 0 saturated heterocycles. The number of anilines is 1. The minimum absolute atomic E-state index is 0.107. The van der Waals surface area contributed by atoms with Gasteiger partial charge in [-0.3, -0.25) is 4.79 Å². The van der Waals surface area contributed by atoms with Crippen LogP contribution in [0.15, 0.2) is 57.9 Å². The number of hydrogen-bond donors (Lipinski definition) is 2. The number of rotatable bonds is 5. The number of halogens is 1. The van der Waals surface area contributed by atoms with Gasteiger partial charge in [0.25, 0.3) is 0 Å². The molecule has 23 heavy (non-hydrogen) atoms. The first-order valence-electron chi connectivity index (χ1n) is 6.93. The van der Waals surface area contributed by atoms with Gasteiger partial charge in [-0.05, 0) is 55.8 Å². The van der Waals surface area contributed by atoms with Gasteiger partial charge < -0.3 is 5.32 Å². The molecule has 1 atom stereocenters. The average molecular weight is 397 g/mol. The highest BCUT2D eigenvalue weighted by atomic mass is 79.9. The number of amides is 1. The lowest BCUT2D eigenvalue weighted by Crippen LogP contribution is -2.41. The summed E-state index contributed by atoms with van der Waals surface area (Å²) in [6.07, 6.45) is 0. The summed E-state index contributed by atoms with van der Waals surface area (Å²) in [6.45, 7) is 3.41. The van der Waals surface area contributed by atoms with Crippen LogP contribution < -0.4 is 10.0 Å². The van der Waals surface area contributed by atoms with Gasteiger partial charge in [0.15, 0.2) is 0 Å². The van der Waals surface area contributed by atoms with Gasteiger partial charge in [0.2, 0.25) is 15.9 Å². The summed E-state index contributed by atoms with van der Waals surface area (Å²) in [5.74, 6) is -0.420. The molecule has 0 aromatic heterocycles. The molecule has 2 N–H and O–H groups in total. The molecule has 0 aliphatic carbocycles. The summed E-state index contributed by atoms with van der Waals surface area (Å²) in [7, 11) is -3.75. The number of carbonyl (C=O) groups excluding carboxylic acids is 1. The summed E-state index contributed by atoms with van der Waals surface area (Å²) in [4.78, 5) is 12.2. The summed E-state index contributed by atoms with van der Waals surface area (Å²) >= 11 is 3.25. The Morgan fingerprint density at radius 2 is 1.78 bits per heavy atom. The van der Waals surface area contributed by atoms with Crippen LogP contribution >= 0.6 is 15.9 Å². The lowest BCUT2D eigenvalue weighted by molar-refractivity contribution is -0.117. The molecule has 0 saturated carbocycles. The molecule has 2 aromatic rings. The van der Waals surface area contributed by atoms with Crippen molar-refractivity contribution in [1.29, 1.82) is 0 Å². The zero-order valence-electron chi connectivity index (χ0n) is 12.7. The van der Waals surface area contributed by atoms with Crippen molar-refractivity contribution in [3.8, 4) is 0 Å². The predicted octanol–water partition coefficient (Wildman–Crippen LogP) is 3.06. The Labute approximate surface area is 144 Å².